The Hall–Kier alpha value is -1.59. The van der Waals surface area contributed by atoms with Crippen LogP contribution >= 0.6 is 11.6 Å². The lowest BCUT2D eigenvalue weighted by Gasteiger charge is -2.17. The number of urea groups is 1. The van der Waals surface area contributed by atoms with E-state index < -0.39 is 6.03 Å². The maximum Gasteiger partial charge on any atom is 0.321 e. The van der Waals surface area contributed by atoms with Crippen molar-refractivity contribution in [3.63, 3.8) is 0 Å². The molecule has 1 atom stereocenters. The summed E-state index contributed by atoms with van der Waals surface area (Å²) < 4.78 is 0. The second-order valence-electron chi connectivity index (χ2n) is 5.09. The van der Waals surface area contributed by atoms with Gasteiger partial charge in [-0.05, 0) is 32.0 Å². The molecule has 0 aliphatic rings. The molecule has 6 heteroatoms. The van der Waals surface area contributed by atoms with Crippen LogP contribution in [-0.4, -0.2) is 36.5 Å². The van der Waals surface area contributed by atoms with Gasteiger partial charge in [-0.15, -0.1) is 0 Å². The molecule has 0 fully saturated rings. The van der Waals surface area contributed by atoms with E-state index in [1.54, 1.807) is 11.9 Å². The highest BCUT2D eigenvalue weighted by atomic mass is 35.5. The molecule has 1 aromatic carbocycles. The molecule has 0 saturated heterocycles. The van der Waals surface area contributed by atoms with Crippen LogP contribution in [0.1, 0.15) is 25.8 Å². The Balaban J connectivity index is 2.40. The molecule has 1 aromatic rings. The first-order valence-electron chi connectivity index (χ1n) is 6.94. The molecule has 21 heavy (non-hydrogen) atoms. The number of hydrogen-bond acceptors (Lipinski definition) is 3. The van der Waals surface area contributed by atoms with Gasteiger partial charge in [-0.2, -0.15) is 0 Å². The van der Waals surface area contributed by atoms with Crippen molar-refractivity contribution in [2.24, 2.45) is 0 Å². The predicted molar refractivity (Wildman–Crippen MR) is 84.2 cm³/mol. The molecule has 0 unspecified atom stereocenters. The van der Waals surface area contributed by atoms with Gasteiger partial charge in [-0.1, -0.05) is 36.7 Å². The van der Waals surface area contributed by atoms with Crippen molar-refractivity contribution in [3.05, 3.63) is 34.9 Å². The molecule has 5 nitrogen and oxygen atoms in total. The fourth-order valence-electron chi connectivity index (χ4n) is 1.75. The Labute approximate surface area is 130 Å². The van der Waals surface area contributed by atoms with Gasteiger partial charge in [0.15, 0.2) is 0 Å². The monoisotopic (exact) mass is 311 g/mol. The second-order valence-corrected chi connectivity index (χ2v) is 5.50. The van der Waals surface area contributed by atoms with E-state index in [4.69, 9.17) is 11.6 Å². The summed E-state index contributed by atoms with van der Waals surface area (Å²) >= 11 is 6.07. The van der Waals surface area contributed by atoms with Crippen molar-refractivity contribution in [2.45, 2.75) is 32.9 Å². The number of amides is 3. The first-order chi connectivity index (χ1) is 9.92. The number of likely N-dealkylation sites (N-methyl/N-ethyl adjacent to an activating group) is 1. The van der Waals surface area contributed by atoms with E-state index in [9.17, 15) is 9.59 Å². The number of imide groups is 1. The fourth-order valence-corrected chi connectivity index (χ4v) is 1.94. The first kappa shape index (κ1) is 17.5. The summed E-state index contributed by atoms with van der Waals surface area (Å²) in [7, 11) is 1.80. The van der Waals surface area contributed by atoms with Crippen molar-refractivity contribution in [3.8, 4) is 0 Å². The van der Waals surface area contributed by atoms with E-state index in [2.05, 4.69) is 10.6 Å². The molecular weight excluding hydrogens is 290 g/mol. The Bertz CT molecular complexity index is 494. The van der Waals surface area contributed by atoms with Gasteiger partial charge < -0.3 is 5.32 Å². The third kappa shape index (κ3) is 6.60. The van der Waals surface area contributed by atoms with Crippen molar-refractivity contribution in [2.75, 3.05) is 13.6 Å². The van der Waals surface area contributed by atoms with Crippen molar-refractivity contribution >= 4 is 23.5 Å². The predicted octanol–water partition coefficient (Wildman–Crippen LogP) is 2.40. The van der Waals surface area contributed by atoms with Crippen molar-refractivity contribution < 1.29 is 9.59 Å². The van der Waals surface area contributed by atoms with Crippen LogP contribution in [0.25, 0.3) is 0 Å². The standard InChI is InChI=1S/C15H22ClN3O2/c1-4-11(2)17-15(21)18-14(20)10-19(3)9-12-7-5-6-8-13(12)16/h5-8,11H,4,9-10H2,1-3H3,(H2,17,18,20,21)/t11-/m1/s1. The summed E-state index contributed by atoms with van der Waals surface area (Å²) in [5.41, 5.74) is 0.943. The van der Waals surface area contributed by atoms with Crippen LogP contribution in [0.4, 0.5) is 4.79 Å². The summed E-state index contributed by atoms with van der Waals surface area (Å²) in [6.45, 7) is 4.51. The highest BCUT2D eigenvalue weighted by Gasteiger charge is 2.12. The van der Waals surface area contributed by atoms with E-state index in [0.717, 1.165) is 12.0 Å². The highest BCUT2D eigenvalue weighted by Crippen LogP contribution is 2.16. The number of rotatable bonds is 6. The second kappa shape index (κ2) is 8.64. The van der Waals surface area contributed by atoms with Crippen LogP contribution in [0, 0.1) is 0 Å². The number of carbonyl (C=O) groups is 2. The van der Waals surface area contributed by atoms with Crippen LogP contribution < -0.4 is 10.6 Å². The zero-order chi connectivity index (χ0) is 15.8. The number of benzene rings is 1. The number of carbonyl (C=O) groups excluding carboxylic acids is 2. The third-order valence-electron chi connectivity index (χ3n) is 3.05. The summed E-state index contributed by atoms with van der Waals surface area (Å²) in [6, 6.07) is 7.06. The molecule has 0 aromatic heterocycles. The summed E-state index contributed by atoms with van der Waals surface area (Å²) in [5, 5.41) is 5.66. The lowest BCUT2D eigenvalue weighted by atomic mass is 10.2. The molecule has 116 valence electrons. The summed E-state index contributed by atoms with van der Waals surface area (Å²) in [5.74, 6) is -0.342. The van der Waals surface area contributed by atoms with Crippen molar-refractivity contribution in [1.82, 2.24) is 15.5 Å². The molecule has 0 heterocycles. The molecule has 0 aliphatic carbocycles. The SMILES string of the molecule is CC[C@@H](C)NC(=O)NC(=O)CN(C)Cc1ccccc1Cl. The average molecular weight is 312 g/mol. The minimum absolute atomic E-state index is 0.0404. The molecular formula is C15H22ClN3O2. The van der Waals surface area contributed by atoms with Crippen LogP contribution in [0.2, 0.25) is 5.02 Å². The zero-order valence-electron chi connectivity index (χ0n) is 12.6. The lowest BCUT2D eigenvalue weighted by molar-refractivity contribution is -0.120. The Morgan fingerprint density at radius 1 is 1.33 bits per heavy atom. The minimum Gasteiger partial charge on any atom is -0.335 e. The number of hydrogen-bond donors (Lipinski definition) is 2. The molecule has 1 rings (SSSR count). The topological polar surface area (TPSA) is 61.4 Å². The largest absolute Gasteiger partial charge is 0.335 e. The number of nitrogens with one attached hydrogen (secondary N) is 2. The summed E-state index contributed by atoms with van der Waals surface area (Å²) in [6.07, 6.45) is 0.814. The maximum atomic E-state index is 11.8. The zero-order valence-corrected chi connectivity index (χ0v) is 13.4. The molecule has 3 amide bonds. The van der Waals surface area contributed by atoms with Gasteiger partial charge in [0.1, 0.15) is 0 Å². The Kier molecular flexibility index (Phi) is 7.19. The molecule has 0 aliphatic heterocycles. The molecule has 0 radical (unpaired) electrons. The van der Waals surface area contributed by atoms with Gasteiger partial charge in [0.05, 0.1) is 6.54 Å². The minimum atomic E-state index is -0.458. The molecule has 2 N–H and O–H groups in total. The van der Waals surface area contributed by atoms with Gasteiger partial charge in [-0.3, -0.25) is 15.0 Å². The van der Waals surface area contributed by atoms with Crippen LogP contribution in [-0.2, 0) is 11.3 Å². The molecule has 0 spiro atoms. The smallest absolute Gasteiger partial charge is 0.321 e. The van der Waals surface area contributed by atoms with Gasteiger partial charge in [-0.25, -0.2) is 4.79 Å². The van der Waals surface area contributed by atoms with Gasteiger partial charge in [0, 0.05) is 17.6 Å². The number of halogens is 1. The summed E-state index contributed by atoms with van der Waals surface area (Å²) in [4.78, 5) is 25.1. The quantitative estimate of drug-likeness (QED) is 0.848. The third-order valence-corrected chi connectivity index (χ3v) is 3.42. The number of nitrogens with zero attached hydrogens (tertiary/aromatic N) is 1. The van der Waals surface area contributed by atoms with E-state index >= 15 is 0 Å². The highest BCUT2D eigenvalue weighted by molar-refractivity contribution is 6.31. The maximum absolute atomic E-state index is 11.8. The fraction of sp³-hybridized carbons (Fsp3) is 0.467. The van der Waals surface area contributed by atoms with Crippen LogP contribution in [0.3, 0.4) is 0 Å². The van der Waals surface area contributed by atoms with Gasteiger partial charge in [0.2, 0.25) is 5.91 Å². The van der Waals surface area contributed by atoms with Crippen LogP contribution in [0.15, 0.2) is 24.3 Å². The first-order valence-corrected chi connectivity index (χ1v) is 7.32. The Morgan fingerprint density at radius 3 is 2.62 bits per heavy atom. The normalized spacial score (nSPS) is 12.0. The average Bonchev–Trinajstić information content (AvgIpc) is 2.40. The van der Waals surface area contributed by atoms with Gasteiger partial charge >= 0.3 is 6.03 Å². The van der Waals surface area contributed by atoms with E-state index in [1.807, 2.05) is 38.1 Å². The van der Waals surface area contributed by atoms with E-state index in [0.29, 0.717) is 11.6 Å². The lowest BCUT2D eigenvalue weighted by Crippen LogP contribution is -2.46. The molecule has 0 bridgehead atoms. The van der Waals surface area contributed by atoms with Crippen LogP contribution in [0.5, 0.6) is 0 Å². The van der Waals surface area contributed by atoms with Gasteiger partial charge in [0.25, 0.3) is 0 Å². The van der Waals surface area contributed by atoms with E-state index in [-0.39, 0.29) is 18.5 Å². The van der Waals surface area contributed by atoms with Crippen molar-refractivity contribution in [1.29, 1.82) is 0 Å². The van der Waals surface area contributed by atoms with E-state index in [1.165, 1.54) is 0 Å². The Morgan fingerprint density at radius 2 is 2.00 bits per heavy atom. The molecule has 0 saturated carbocycles.